The average molecular weight is 278 g/mol. The highest BCUT2D eigenvalue weighted by Gasteiger charge is 2.35. The van der Waals surface area contributed by atoms with Crippen LogP contribution in [-0.2, 0) is 45.4 Å². The average Bonchev–Trinajstić information content (AvgIpc) is 3.11. The molecule has 0 unspecified atom stereocenters. The fourth-order valence-corrected chi connectivity index (χ4v) is 2.80. The number of hydrogen-bond acceptors (Lipinski definition) is 6. The molecule has 0 spiro atoms. The highest BCUT2D eigenvalue weighted by molar-refractivity contribution is 6.06. The van der Waals surface area contributed by atoms with E-state index in [1.807, 2.05) is 0 Å². The largest absolute Gasteiger partial charge is 0.465 e. The minimum absolute atomic E-state index is 0.246. The molecule has 0 amide bonds. The van der Waals surface area contributed by atoms with Crippen LogP contribution in [0.1, 0.15) is 43.0 Å². The lowest BCUT2D eigenvalue weighted by atomic mass is 9.89. The van der Waals surface area contributed by atoms with Gasteiger partial charge in [-0.05, 0) is 22.3 Å². The summed E-state index contributed by atoms with van der Waals surface area (Å²) in [5, 5.41) is 0. The van der Waals surface area contributed by atoms with Gasteiger partial charge in [-0.3, -0.25) is 0 Å². The van der Waals surface area contributed by atoms with Gasteiger partial charge in [-0.2, -0.15) is 0 Å². The lowest BCUT2D eigenvalue weighted by molar-refractivity contribution is 0.0549. The van der Waals surface area contributed by atoms with E-state index in [4.69, 9.17) is 18.9 Å². The smallest absolute Gasteiger partial charge is 0.339 e. The summed E-state index contributed by atoms with van der Waals surface area (Å²) in [6.07, 6.45) is 0. The first-order valence-electron chi connectivity index (χ1n) is 6.20. The van der Waals surface area contributed by atoms with Crippen molar-refractivity contribution in [2.45, 2.75) is 26.4 Å². The summed E-state index contributed by atoms with van der Waals surface area (Å²) in [4.78, 5) is 24.2. The Kier molecular flexibility index (Phi) is 3.19. The zero-order valence-corrected chi connectivity index (χ0v) is 11.3. The van der Waals surface area contributed by atoms with Crippen LogP contribution in [0.5, 0.6) is 0 Å². The van der Waals surface area contributed by atoms with Crippen molar-refractivity contribution in [2.24, 2.45) is 0 Å². The maximum Gasteiger partial charge on any atom is 0.339 e. The molecule has 6 heteroatoms. The Morgan fingerprint density at radius 3 is 1.45 bits per heavy atom. The van der Waals surface area contributed by atoms with E-state index >= 15 is 0 Å². The fraction of sp³-hybridized carbons (Fsp3) is 0.429. The number of ether oxygens (including phenoxy) is 4. The number of carbonyl (C=O) groups excluding carboxylic acids is 2. The molecule has 0 radical (unpaired) electrons. The zero-order valence-electron chi connectivity index (χ0n) is 11.3. The first-order valence-corrected chi connectivity index (χ1v) is 6.20. The molecule has 2 aliphatic heterocycles. The molecule has 0 fully saturated rings. The van der Waals surface area contributed by atoms with Crippen molar-refractivity contribution in [1.29, 1.82) is 0 Å². The first kappa shape index (κ1) is 13.1. The third-order valence-corrected chi connectivity index (χ3v) is 3.71. The van der Waals surface area contributed by atoms with Crippen LogP contribution in [0, 0.1) is 0 Å². The van der Waals surface area contributed by atoms with Crippen LogP contribution in [0.3, 0.4) is 0 Å². The van der Waals surface area contributed by atoms with Crippen molar-refractivity contribution in [3.63, 3.8) is 0 Å². The Labute approximate surface area is 115 Å². The normalized spacial score (nSPS) is 15.7. The monoisotopic (exact) mass is 278 g/mol. The molecule has 0 bridgehead atoms. The van der Waals surface area contributed by atoms with E-state index in [1.165, 1.54) is 14.2 Å². The lowest BCUT2D eigenvalue weighted by Crippen LogP contribution is -2.18. The van der Waals surface area contributed by atoms with E-state index in [0.717, 1.165) is 11.1 Å². The van der Waals surface area contributed by atoms with Gasteiger partial charge in [-0.25, -0.2) is 9.59 Å². The van der Waals surface area contributed by atoms with Crippen LogP contribution in [-0.4, -0.2) is 26.2 Å². The van der Waals surface area contributed by atoms with Gasteiger partial charge in [-0.1, -0.05) is 0 Å². The third-order valence-electron chi connectivity index (χ3n) is 3.71. The Bertz CT molecular complexity index is 551. The second-order valence-corrected chi connectivity index (χ2v) is 4.63. The van der Waals surface area contributed by atoms with Crippen molar-refractivity contribution >= 4 is 11.9 Å². The number of fused-ring (bicyclic) bond motifs is 3. The van der Waals surface area contributed by atoms with Crippen LogP contribution >= 0.6 is 0 Å². The van der Waals surface area contributed by atoms with Gasteiger partial charge >= 0.3 is 11.9 Å². The van der Waals surface area contributed by atoms with E-state index < -0.39 is 11.9 Å². The highest BCUT2D eigenvalue weighted by atomic mass is 16.5. The van der Waals surface area contributed by atoms with E-state index in [-0.39, 0.29) is 24.3 Å². The molecule has 1 aromatic carbocycles. The summed E-state index contributed by atoms with van der Waals surface area (Å²) in [5.41, 5.74) is 3.78. The van der Waals surface area contributed by atoms with E-state index in [0.29, 0.717) is 24.3 Å². The topological polar surface area (TPSA) is 71.1 Å². The minimum atomic E-state index is -0.554. The number of methoxy groups -OCH3 is 2. The van der Waals surface area contributed by atoms with Crippen LogP contribution in [0.4, 0.5) is 0 Å². The van der Waals surface area contributed by atoms with Gasteiger partial charge in [0.15, 0.2) is 0 Å². The van der Waals surface area contributed by atoms with Crippen molar-refractivity contribution in [1.82, 2.24) is 0 Å². The number of esters is 2. The molecule has 0 atom stereocenters. The van der Waals surface area contributed by atoms with Gasteiger partial charge in [0.25, 0.3) is 0 Å². The summed E-state index contributed by atoms with van der Waals surface area (Å²) >= 11 is 0. The molecule has 106 valence electrons. The summed E-state index contributed by atoms with van der Waals surface area (Å²) in [5.74, 6) is -1.11. The quantitative estimate of drug-likeness (QED) is 0.760. The van der Waals surface area contributed by atoms with Crippen LogP contribution < -0.4 is 0 Å². The molecule has 0 aromatic heterocycles. The van der Waals surface area contributed by atoms with Crippen molar-refractivity contribution in [3.05, 3.63) is 33.4 Å². The summed E-state index contributed by atoms with van der Waals surface area (Å²) in [6.45, 7) is 1.42. The molecular weight excluding hydrogens is 264 g/mol. The standard InChI is InChI=1S/C14H14O6/c1-17-13(15)11-9-5-19-3-7(9)8-4-20-6-10(8)12(11)14(16)18-2/h3-6H2,1-2H3. The molecule has 0 saturated heterocycles. The molecule has 20 heavy (non-hydrogen) atoms. The predicted octanol–water partition coefficient (Wildman–Crippen LogP) is 1.32. The molecule has 6 nitrogen and oxygen atoms in total. The zero-order chi connectivity index (χ0) is 14.3. The van der Waals surface area contributed by atoms with Gasteiger partial charge in [0.2, 0.25) is 0 Å². The first-order chi connectivity index (χ1) is 9.69. The molecule has 1 aromatic rings. The molecule has 0 aliphatic carbocycles. The van der Waals surface area contributed by atoms with Gasteiger partial charge in [0.05, 0.1) is 51.8 Å². The second-order valence-electron chi connectivity index (χ2n) is 4.63. The van der Waals surface area contributed by atoms with Gasteiger partial charge in [0.1, 0.15) is 0 Å². The van der Waals surface area contributed by atoms with E-state index in [9.17, 15) is 9.59 Å². The highest BCUT2D eigenvalue weighted by Crippen LogP contribution is 2.37. The lowest BCUT2D eigenvalue weighted by Gasteiger charge is -2.15. The molecule has 2 heterocycles. The van der Waals surface area contributed by atoms with Crippen molar-refractivity contribution in [2.75, 3.05) is 14.2 Å². The summed E-state index contributed by atoms with van der Waals surface area (Å²) in [6, 6.07) is 0. The summed E-state index contributed by atoms with van der Waals surface area (Å²) in [7, 11) is 2.57. The maximum absolute atomic E-state index is 12.1. The molecule has 3 rings (SSSR count). The number of rotatable bonds is 2. The Balaban J connectivity index is 2.34. The molecule has 0 N–H and O–H groups in total. The minimum Gasteiger partial charge on any atom is -0.465 e. The van der Waals surface area contributed by atoms with Crippen LogP contribution in [0.15, 0.2) is 0 Å². The molecule has 2 aliphatic rings. The summed E-state index contributed by atoms with van der Waals surface area (Å²) < 4.78 is 20.5. The predicted molar refractivity (Wildman–Crippen MR) is 66.1 cm³/mol. The number of hydrogen-bond donors (Lipinski definition) is 0. The van der Waals surface area contributed by atoms with Crippen LogP contribution in [0.25, 0.3) is 0 Å². The SMILES string of the molecule is COC(=O)c1c2c(c3c(c1C(=O)OC)COC3)COC2. The van der Waals surface area contributed by atoms with Crippen molar-refractivity contribution < 1.29 is 28.5 Å². The third kappa shape index (κ3) is 1.72. The van der Waals surface area contributed by atoms with E-state index in [1.54, 1.807) is 0 Å². The van der Waals surface area contributed by atoms with Gasteiger partial charge in [0, 0.05) is 0 Å². The van der Waals surface area contributed by atoms with Gasteiger partial charge in [-0.15, -0.1) is 0 Å². The van der Waals surface area contributed by atoms with Gasteiger partial charge < -0.3 is 18.9 Å². The molecule has 0 saturated carbocycles. The van der Waals surface area contributed by atoms with Crippen LogP contribution in [0.2, 0.25) is 0 Å². The van der Waals surface area contributed by atoms with E-state index in [2.05, 4.69) is 0 Å². The Hall–Kier alpha value is -1.92. The van der Waals surface area contributed by atoms with Crippen molar-refractivity contribution in [3.8, 4) is 0 Å². The number of benzene rings is 1. The fourth-order valence-electron chi connectivity index (χ4n) is 2.80. The second kappa shape index (κ2) is 4.88. The Morgan fingerprint density at radius 2 is 1.10 bits per heavy atom. The Morgan fingerprint density at radius 1 is 0.750 bits per heavy atom. The maximum atomic E-state index is 12.1. The number of carbonyl (C=O) groups is 2. The molecular formula is C14H14O6.